The van der Waals surface area contributed by atoms with Crippen molar-refractivity contribution in [1.82, 2.24) is 9.55 Å². The molecule has 0 spiro atoms. The molecular weight excluding hydrogens is 210 g/mol. The lowest BCUT2D eigenvalue weighted by atomic mass is 10.2. The summed E-state index contributed by atoms with van der Waals surface area (Å²) in [6.07, 6.45) is 3.57. The number of hydrogen-bond donors (Lipinski definition) is 0. The zero-order chi connectivity index (χ0) is 11.7. The molecule has 17 heavy (non-hydrogen) atoms. The zero-order valence-corrected chi connectivity index (χ0v) is 9.04. The largest absolute Gasteiger partial charge is 0.301 e. The summed E-state index contributed by atoms with van der Waals surface area (Å²) in [5.74, 6) is 0. The van der Waals surface area contributed by atoms with Gasteiger partial charge in [0.1, 0.15) is 11.7 Å². The van der Waals surface area contributed by atoms with Crippen molar-refractivity contribution < 1.29 is 0 Å². The third kappa shape index (κ3) is 1.56. The summed E-state index contributed by atoms with van der Waals surface area (Å²) in [5.41, 5.74) is 2.53. The molecule has 3 rings (SSSR count). The van der Waals surface area contributed by atoms with E-state index in [-0.39, 0.29) is 0 Å². The monoisotopic (exact) mass is 219 g/mol. The molecule has 0 aliphatic rings. The van der Waals surface area contributed by atoms with E-state index >= 15 is 0 Å². The van der Waals surface area contributed by atoms with Gasteiger partial charge < -0.3 is 4.57 Å². The summed E-state index contributed by atoms with van der Waals surface area (Å²) in [7, 11) is 0. The van der Waals surface area contributed by atoms with Crippen LogP contribution in [0.4, 0.5) is 0 Å². The van der Waals surface area contributed by atoms with Crippen molar-refractivity contribution in [3.8, 4) is 11.8 Å². The number of benzene rings is 1. The van der Waals surface area contributed by atoms with E-state index in [1.54, 1.807) is 6.20 Å². The molecule has 80 valence electrons. The number of para-hydroxylation sites is 1. The second kappa shape index (κ2) is 3.76. The second-order valence-corrected chi connectivity index (χ2v) is 3.77. The standard InChI is InChI=1S/C14H9N3/c15-9-11-8-12-6-7-17(14(12)16-10-11)13-4-2-1-3-5-13/h1-8,10H. The van der Waals surface area contributed by atoms with Crippen molar-refractivity contribution in [1.29, 1.82) is 5.26 Å². The lowest BCUT2D eigenvalue weighted by Gasteiger charge is -2.03. The average Bonchev–Trinajstić information content (AvgIpc) is 2.82. The molecular formula is C14H9N3. The van der Waals surface area contributed by atoms with Crippen LogP contribution in [0.3, 0.4) is 0 Å². The summed E-state index contributed by atoms with van der Waals surface area (Å²) >= 11 is 0. The highest BCUT2D eigenvalue weighted by Gasteiger charge is 2.04. The molecule has 0 unspecified atom stereocenters. The summed E-state index contributed by atoms with van der Waals surface area (Å²) < 4.78 is 2.01. The lowest BCUT2D eigenvalue weighted by molar-refractivity contribution is 1.09. The van der Waals surface area contributed by atoms with E-state index in [1.165, 1.54) is 0 Å². The predicted molar refractivity (Wildman–Crippen MR) is 65.8 cm³/mol. The fourth-order valence-corrected chi connectivity index (χ4v) is 1.88. The molecule has 2 aromatic heterocycles. The second-order valence-electron chi connectivity index (χ2n) is 3.77. The van der Waals surface area contributed by atoms with E-state index in [1.807, 2.05) is 53.2 Å². The topological polar surface area (TPSA) is 41.6 Å². The number of nitriles is 1. The van der Waals surface area contributed by atoms with Gasteiger partial charge in [0.2, 0.25) is 0 Å². The van der Waals surface area contributed by atoms with E-state index in [0.29, 0.717) is 5.56 Å². The summed E-state index contributed by atoms with van der Waals surface area (Å²) in [6, 6.07) is 15.9. The van der Waals surface area contributed by atoms with E-state index < -0.39 is 0 Å². The maximum absolute atomic E-state index is 8.82. The van der Waals surface area contributed by atoms with Crippen LogP contribution < -0.4 is 0 Å². The Hall–Kier alpha value is -2.60. The van der Waals surface area contributed by atoms with Crippen molar-refractivity contribution >= 4 is 11.0 Å². The predicted octanol–water partition coefficient (Wildman–Crippen LogP) is 2.90. The van der Waals surface area contributed by atoms with Crippen LogP contribution in [0.1, 0.15) is 5.56 Å². The minimum absolute atomic E-state index is 0.586. The highest BCUT2D eigenvalue weighted by molar-refractivity contribution is 5.79. The summed E-state index contributed by atoms with van der Waals surface area (Å²) in [5, 5.41) is 9.80. The average molecular weight is 219 g/mol. The molecule has 0 radical (unpaired) electrons. The van der Waals surface area contributed by atoms with Crippen molar-refractivity contribution in [3.63, 3.8) is 0 Å². The number of aromatic nitrogens is 2. The lowest BCUT2D eigenvalue weighted by Crippen LogP contribution is -1.93. The Labute approximate surface area is 98.6 Å². The van der Waals surface area contributed by atoms with Crippen LogP contribution in [-0.2, 0) is 0 Å². The van der Waals surface area contributed by atoms with Crippen LogP contribution in [0.5, 0.6) is 0 Å². The van der Waals surface area contributed by atoms with Gasteiger partial charge in [-0.15, -0.1) is 0 Å². The van der Waals surface area contributed by atoms with Crippen LogP contribution in [0.2, 0.25) is 0 Å². The van der Waals surface area contributed by atoms with Gasteiger partial charge in [-0.05, 0) is 24.3 Å². The minimum Gasteiger partial charge on any atom is -0.301 e. The first-order chi connectivity index (χ1) is 8.38. The molecule has 0 atom stereocenters. The third-order valence-electron chi connectivity index (χ3n) is 2.69. The molecule has 0 amide bonds. The number of hydrogen-bond acceptors (Lipinski definition) is 2. The van der Waals surface area contributed by atoms with Crippen LogP contribution >= 0.6 is 0 Å². The van der Waals surface area contributed by atoms with Gasteiger partial charge in [-0.3, -0.25) is 0 Å². The fraction of sp³-hybridized carbons (Fsp3) is 0. The van der Waals surface area contributed by atoms with Crippen molar-refractivity contribution in [2.75, 3.05) is 0 Å². The Morgan fingerprint density at radius 1 is 1.12 bits per heavy atom. The fourth-order valence-electron chi connectivity index (χ4n) is 1.88. The molecule has 2 heterocycles. The highest BCUT2D eigenvalue weighted by atomic mass is 15.0. The molecule has 1 aromatic carbocycles. The first kappa shape index (κ1) is 9.61. The molecule has 0 bridgehead atoms. The van der Waals surface area contributed by atoms with Gasteiger partial charge in [0.05, 0.1) is 5.56 Å². The van der Waals surface area contributed by atoms with Gasteiger partial charge in [0, 0.05) is 23.5 Å². The summed E-state index contributed by atoms with van der Waals surface area (Å²) in [6.45, 7) is 0. The number of pyridine rings is 1. The Morgan fingerprint density at radius 2 is 1.94 bits per heavy atom. The first-order valence-electron chi connectivity index (χ1n) is 5.31. The smallest absolute Gasteiger partial charge is 0.144 e. The Balaban J connectivity index is 2.23. The zero-order valence-electron chi connectivity index (χ0n) is 9.04. The molecule has 0 N–H and O–H groups in total. The molecule has 0 aliphatic carbocycles. The molecule has 0 aliphatic heterocycles. The van der Waals surface area contributed by atoms with E-state index in [4.69, 9.17) is 5.26 Å². The maximum Gasteiger partial charge on any atom is 0.144 e. The van der Waals surface area contributed by atoms with Gasteiger partial charge in [-0.1, -0.05) is 18.2 Å². The Bertz CT molecular complexity index is 705. The molecule has 0 saturated heterocycles. The Kier molecular flexibility index (Phi) is 2.13. The van der Waals surface area contributed by atoms with Crippen LogP contribution in [-0.4, -0.2) is 9.55 Å². The highest BCUT2D eigenvalue weighted by Crippen LogP contribution is 2.18. The quantitative estimate of drug-likeness (QED) is 0.631. The molecule has 3 nitrogen and oxygen atoms in total. The van der Waals surface area contributed by atoms with E-state index in [9.17, 15) is 0 Å². The van der Waals surface area contributed by atoms with E-state index in [2.05, 4.69) is 11.1 Å². The minimum atomic E-state index is 0.586. The normalized spacial score (nSPS) is 10.3. The van der Waals surface area contributed by atoms with Crippen LogP contribution in [0, 0.1) is 11.3 Å². The Morgan fingerprint density at radius 3 is 2.71 bits per heavy atom. The SMILES string of the molecule is N#Cc1cnc2c(ccn2-c2ccccc2)c1. The van der Waals surface area contributed by atoms with Crippen molar-refractivity contribution in [2.45, 2.75) is 0 Å². The van der Waals surface area contributed by atoms with Crippen LogP contribution in [0.25, 0.3) is 16.7 Å². The van der Waals surface area contributed by atoms with Crippen molar-refractivity contribution in [2.24, 2.45) is 0 Å². The van der Waals surface area contributed by atoms with E-state index in [0.717, 1.165) is 16.7 Å². The van der Waals surface area contributed by atoms with Gasteiger partial charge in [0.15, 0.2) is 0 Å². The van der Waals surface area contributed by atoms with Gasteiger partial charge in [0.25, 0.3) is 0 Å². The maximum atomic E-state index is 8.82. The summed E-state index contributed by atoms with van der Waals surface area (Å²) in [4.78, 5) is 4.33. The number of fused-ring (bicyclic) bond motifs is 1. The molecule has 0 fully saturated rings. The van der Waals surface area contributed by atoms with Crippen LogP contribution in [0.15, 0.2) is 54.9 Å². The van der Waals surface area contributed by atoms with Gasteiger partial charge in [-0.2, -0.15) is 5.26 Å². The third-order valence-corrected chi connectivity index (χ3v) is 2.69. The van der Waals surface area contributed by atoms with Crippen molar-refractivity contribution in [3.05, 3.63) is 60.4 Å². The molecule has 3 aromatic rings. The first-order valence-corrected chi connectivity index (χ1v) is 5.31. The van der Waals surface area contributed by atoms with Gasteiger partial charge >= 0.3 is 0 Å². The molecule has 0 saturated carbocycles. The van der Waals surface area contributed by atoms with Gasteiger partial charge in [-0.25, -0.2) is 4.98 Å². The number of rotatable bonds is 1. The number of nitrogens with zero attached hydrogens (tertiary/aromatic N) is 3. The molecule has 3 heteroatoms.